The van der Waals surface area contributed by atoms with Crippen molar-refractivity contribution in [3.63, 3.8) is 0 Å². The summed E-state index contributed by atoms with van der Waals surface area (Å²) in [6.07, 6.45) is 4.59. The quantitative estimate of drug-likeness (QED) is 0.190. The second-order valence-corrected chi connectivity index (χ2v) is 10.6. The molecule has 0 fully saturated rings. The number of carbonyl (C=O) groups excluding carboxylic acids is 2. The first-order chi connectivity index (χ1) is 19.7. The van der Waals surface area contributed by atoms with E-state index in [9.17, 15) is 9.59 Å². The maximum atomic E-state index is 12.5. The topological polar surface area (TPSA) is 127 Å². The van der Waals surface area contributed by atoms with Gasteiger partial charge in [0, 0.05) is 11.1 Å². The van der Waals surface area contributed by atoms with Gasteiger partial charge >= 0.3 is 29.0 Å². The molecule has 219 valence electrons. The van der Waals surface area contributed by atoms with Crippen molar-refractivity contribution in [3.8, 4) is 0 Å². The van der Waals surface area contributed by atoms with Gasteiger partial charge in [-0.2, -0.15) is 0 Å². The van der Waals surface area contributed by atoms with Crippen LogP contribution in [0.15, 0.2) is 49.6 Å². The Labute approximate surface area is 260 Å². The van der Waals surface area contributed by atoms with Crippen molar-refractivity contribution >= 4 is 56.3 Å². The monoisotopic (exact) mass is 615 g/mol. The third-order valence-electron chi connectivity index (χ3n) is 8.27. The van der Waals surface area contributed by atoms with Gasteiger partial charge in [0.2, 0.25) is 0 Å². The van der Waals surface area contributed by atoms with E-state index >= 15 is 0 Å². The number of rotatable bonds is 2. The van der Waals surface area contributed by atoms with Crippen LogP contribution in [0.2, 0.25) is 0 Å². The minimum atomic E-state index is -0.532. The van der Waals surface area contributed by atoms with Crippen LogP contribution in [-0.4, -0.2) is 27.4 Å². The van der Waals surface area contributed by atoms with E-state index in [0.29, 0.717) is 12.8 Å². The molecule has 0 spiro atoms. The van der Waals surface area contributed by atoms with Crippen LogP contribution < -0.4 is 9.97 Å². The third-order valence-corrected chi connectivity index (χ3v) is 8.27. The molecule has 0 amide bonds. The van der Waals surface area contributed by atoms with E-state index in [1.165, 1.54) is 0 Å². The SMILES string of the molecule is C=CC1=C(C)c2cc3[n-]c4cc5[n-]c(cc6nc(cc1n2)C(C)=C6C=C)c(C)c5CCC(=O)OC(=O)CCc4c3C.[Fe+3].[OH-]. The maximum absolute atomic E-state index is 12.5. The summed E-state index contributed by atoms with van der Waals surface area (Å²) in [4.78, 5) is 45.0. The fourth-order valence-electron chi connectivity index (χ4n) is 5.83. The Kier molecular flexibility index (Phi) is 8.92. The van der Waals surface area contributed by atoms with Crippen molar-refractivity contribution in [3.05, 3.63) is 94.6 Å². The number of allylic oxidation sites excluding steroid dienone is 6. The predicted octanol–water partition coefficient (Wildman–Crippen LogP) is 6.19. The van der Waals surface area contributed by atoms with Crippen LogP contribution in [-0.2, 0) is 44.2 Å². The molecule has 6 rings (SSSR count). The number of nitrogens with zero attached hydrogens (tertiary/aromatic N) is 4. The van der Waals surface area contributed by atoms with E-state index in [-0.39, 0.29) is 35.4 Å². The summed E-state index contributed by atoms with van der Waals surface area (Å²) in [5, 5.41) is 0. The Morgan fingerprint density at radius 1 is 0.651 bits per heavy atom. The van der Waals surface area contributed by atoms with Crippen LogP contribution in [0, 0.1) is 13.8 Å². The van der Waals surface area contributed by atoms with Crippen molar-refractivity contribution in [2.75, 3.05) is 0 Å². The van der Waals surface area contributed by atoms with Crippen LogP contribution in [0.25, 0.3) is 44.4 Å². The first-order valence-corrected chi connectivity index (χ1v) is 13.7. The molecule has 0 aromatic carbocycles. The zero-order valence-electron chi connectivity index (χ0n) is 24.5. The molecule has 6 heterocycles. The second kappa shape index (κ2) is 12.1. The number of aromatic nitrogens is 4. The molecule has 8 nitrogen and oxygen atoms in total. The van der Waals surface area contributed by atoms with Crippen LogP contribution in [0.4, 0.5) is 0 Å². The van der Waals surface area contributed by atoms with Gasteiger partial charge in [-0.05, 0) is 57.7 Å². The molecule has 3 aromatic rings. The summed E-state index contributed by atoms with van der Waals surface area (Å²) in [5.74, 6) is -1.06. The maximum Gasteiger partial charge on any atom is 3.00 e. The fourth-order valence-corrected chi connectivity index (χ4v) is 5.83. The zero-order valence-corrected chi connectivity index (χ0v) is 25.6. The molecule has 0 saturated carbocycles. The van der Waals surface area contributed by atoms with Gasteiger partial charge in [-0.15, -0.1) is 22.1 Å². The van der Waals surface area contributed by atoms with Gasteiger partial charge in [-0.25, -0.2) is 9.97 Å². The standard InChI is InChI=1S/C34H30N4O3.Fe.H2O/c1-7-21-17(3)25-13-26-19(5)23-9-11-33(39)41-34(40)12-10-24-20(6)28(38-32(24)16-31(23)37-26)15-30-22(8-2)18(4)27(36-30)14-29(21)35-25;;/h7-8,13-16H,1-2,9-12H2,3-6H3;;1H2/q-2;+3;/p-1. The van der Waals surface area contributed by atoms with E-state index in [2.05, 4.69) is 13.2 Å². The Balaban J connectivity index is 0.00000212. The summed E-state index contributed by atoms with van der Waals surface area (Å²) in [6.45, 7) is 16.1. The first kappa shape index (κ1) is 31.6. The third kappa shape index (κ3) is 5.47. The molecule has 3 aliphatic rings. The number of carbonyl (C=O) groups is 2. The number of hydrogen-bond acceptors (Lipinski definition) is 6. The molecule has 1 radical (unpaired) electrons. The largest absolute Gasteiger partial charge is 3.00 e. The normalized spacial score (nSPS) is 15.0. The van der Waals surface area contributed by atoms with E-state index in [4.69, 9.17) is 24.7 Å². The van der Waals surface area contributed by atoms with Crippen molar-refractivity contribution in [2.24, 2.45) is 0 Å². The Morgan fingerprint density at radius 2 is 1.07 bits per heavy atom. The number of hydrogen-bond donors (Lipinski definition) is 0. The van der Waals surface area contributed by atoms with Crippen LogP contribution >= 0.6 is 0 Å². The minimum absolute atomic E-state index is 0. The number of cyclic esters (lactones) is 2. The number of ether oxygens (including phenoxy) is 1. The summed E-state index contributed by atoms with van der Waals surface area (Å²) in [5.41, 5.74) is 13.8. The Hall–Kier alpha value is -4.30. The average molecular weight is 615 g/mol. The summed E-state index contributed by atoms with van der Waals surface area (Å²) >= 11 is 0. The zero-order chi connectivity index (χ0) is 29.0. The van der Waals surface area contributed by atoms with Crippen molar-refractivity contribution < 1.29 is 36.9 Å². The molecular formula is C34H31FeN4O4. The summed E-state index contributed by atoms with van der Waals surface area (Å²) in [6, 6.07) is 7.92. The molecule has 0 atom stereocenters. The van der Waals surface area contributed by atoms with E-state index in [0.717, 1.165) is 89.4 Å². The van der Waals surface area contributed by atoms with Gasteiger partial charge in [0.25, 0.3) is 0 Å². The molecular weight excluding hydrogens is 584 g/mol. The molecule has 1 N–H and O–H groups in total. The van der Waals surface area contributed by atoms with E-state index in [1.54, 1.807) is 0 Å². The molecule has 0 aliphatic carbocycles. The molecule has 3 aromatic heterocycles. The van der Waals surface area contributed by atoms with Crippen molar-refractivity contribution in [1.29, 1.82) is 0 Å². The summed E-state index contributed by atoms with van der Waals surface area (Å²) < 4.78 is 5.13. The Bertz CT molecular complexity index is 1940. The molecule has 8 bridgehead atoms. The summed E-state index contributed by atoms with van der Waals surface area (Å²) in [7, 11) is 0. The van der Waals surface area contributed by atoms with Gasteiger partial charge in [0.05, 0.1) is 35.6 Å². The van der Waals surface area contributed by atoms with Gasteiger partial charge in [0.15, 0.2) is 0 Å². The van der Waals surface area contributed by atoms with Crippen molar-refractivity contribution in [2.45, 2.75) is 53.4 Å². The number of fused-ring (bicyclic) bond motifs is 6. The van der Waals surface area contributed by atoms with Gasteiger partial charge < -0.3 is 20.2 Å². The van der Waals surface area contributed by atoms with Gasteiger partial charge in [0.1, 0.15) is 0 Å². The average Bonchev–Trinajstić information content (AvgIpc) is 3.59. The molecule has 0 saturated heterocycles. The van der Waals surface area contributed by atoms with Crippen LogP contribution in [0.3, 0.4) is 0 Å². The van der Waals surface area contributed by atoms with Crippen LogP contribution in [0.5, 0.6) is 0 Å². The number of aryl methyl sites for hydroxylation is 4. The van der Waals surface area contributed by atoms with E-state index < -0.39 is 11.9 Å². The molecule has 43 heavy (non-hydrogen) atoms. The molecule has 9 heteroatoms. The van der Waals surface area contributed by atoms with Gasteiger partial charge in [-0.1, -0.05) is 65.8 Å². The first-order valence-electron chi connectivity index (χ1n) is 13.7. The predicted molar refractivity (Wildman–Crippen MR) is 163 cm³/mol. The smallest absolute Gasteiger partial charge is 0.870 e. The Morgan fingerprint density at radius 3 is 1.53 bits per heavy atom. The fraction of sp³-hybridized carbons (Fsp3) is 0.235. The molecule has 3 aliphatic heterocycles. The van der Waals surface area contributed by atoms with Crippen LogP contribution in [0.1, 0.15) is 71.7 Å². The van der Waals surface area contributed by atoms with Crippen molar-refractivity contribution in [1.82, 2.24) is 19.9 Å². The second-order valence-electron chi connectivity index (χ2n) is 10.6. The molecule has 0 unspecified atom stereocenters. The van der Waals surface area contributed by atoms with Gasteiger partial charge in [-0.3, -0.25) is 9.59 Å². The van der Waals surface area contributed by atoms with E-state index in [1.807, 2.05) is 64.1 Å². The number of esters is 2. The minimum Gasteiger partial charge on any atom is -0.870 e.